The van der Waals surface area contributed by atoms with E-state index in [0.717, 1.165) is 30.8 Å². The van der Waals surface area contributed by atoms with Gasteiger partial charge in [-0.3, -0.25) is 4.79 Å². The molecule has 25 heavy (non-hydrogen) atoms. The molecule has 142 valence electrons. The smallest absolute Gasteiger partial charge is 0.243 e. The Bertz CT molecular complexity index is 547. The monoisotopic (exact) mass is 351 g/mol. The van der Waals surface area contributed by atoms with Gasteiger partial charge in [-0.05, 0) is 18.8 Å². The van der Waals surface area contributed by atoms with Gasteiger partial charge in [0.05, 0.1) is 12.2 Å². The van der Waals surface area contributed by atoms with E-state index in [1.807, 2.05) is 6.07 Å². The van der Waals surface area contributed by atoms with E-state index in [2.05, 4.69) is 48.5 Å². The molecule has 0 unspecified atom stereocenters. The molecule has 7 nitrogen and oxygen atoms in total. The zero-order valence-electron chi connectivity index (χ0n) is 16.4. The summed E-state index contributed by atoms with van der Waals surface area (Å²) >= 11 is 0. The van der Waals surface area contributed by atoms with Gasteiger partial charge < -0.3 is 20.1 Å². The topological polar surface area (TPSA) is 82.8 Å². The molecule has 2 N–H and O–H groups in total. The summed E-state index contributed by atoms with van der Waals surface area (Å²) in [7, 11) is 3.45. The summed E-state index contributed by atoms with van der Waals surface area (Å²) in [6.45, 7) is 9.91. The Balaban J connectivity index is 2.67. The van der Waals surface area contributed by atoms with Crippen molar-refractivity contribution in [2.45, 2.75) is 53.0 Å². The van der Waals surface area contributed by atoms with Crippen LogP contribution in [0.2, 0.25) is 0 Å². The van der Waals surface area contributed by atoms with Crippen molar-refractivity contribution in [3.05, 3.63) is 17.5 Å². The molecule has 0 radical (unpaired) electrons. The molecule has 0 fully saturated rings. The number of likely N-dealkylation sites (N-methyl/N-ethyl adjacent to an activating group) is 1. The molecule has 0 atom stereocenters. The van der Waals surface area contributed by atoms with E-state index < -0.39 is 0 Å². The van der Waals surface area contributed by atoms with E-state index >= 15 is 0 Å². The Labute approximate surface area is 151 Å². The number of guanidine groups is 1. The molecule has 0 saturated heterocycles. The number of nitrogens with one attached hydrogen (secondary N) is 2. The molecule has 1 aromatic heterocycles. The highest BCUT2D eigenvalue weighted by Crippen LogP contribution is 2.22. The molecular formula is C18H33N5O2. The van der Waals surface area contributed by atoms with Crippen molar-refractivity contribution in [1.29, 1.82) is 0 Å². The first-order valence-electron chi connectivity index (χ1n) is 9.05. The number of carbonyl (C=O) groups is 1. The predicted octanol–water partition coefficient (Wildman–Crippen LogP) is 2.36. The molecule has 1 amide bonds. The van der Waals surface area contributed by atoms with Crippen LogP contribution < -0.4 is 10.6 Å². The van der Waals surface area contributed by atoms with Crippen molar-refractivity contribution in [3.63, 3.8) is 0 Å². The van der Waals surface area contributed by atoms with E-state index in [-0.39, 0.29) is 12.5 Å². The van der Waals surface area contributed by atoms with Gasteiger partial charge >= 0.3 is 0 Å². The molecule has 7 heteroatoms. The van der Waals surface area contributed by atoms with E-state index in [1.54, 1.807) is 14.1 Å². The largest absolute Gasteiger partial charge is 0.359 e. The van der Waals surface area contributed by atoms with Crippen molar-refractivity contribution in [2.24, 2.45) is 10.9 Å². The van der Waals surface area contributed by atoms with Crippen LogP contribution in [0.1, 0.15) is 57.9 Å². The Kier molecular flexibility index (Phi) is 9.02. The van der Waals surface area contributed by atoms with E-state index in [0.29, 0.717) is 24.3 Å². The van der Waals surface area contributed by atoms with Crippen LogP contribution in [0.25, 0.3) is 0 Å². The van der Waals surface area contributed by atoms with Gasteiger partial charge in [-0.2, -0.15) is 0 Å². The number of aromatic nitrogens is 1. The number of aliphatic imine (C=N–C) groups is 1. The first kappa shape index (κ1) is 21.0. The minimum Gasteiger partial charge on any atom is -0.359 e. The van der Waals surface area contributed by atoms with Gasteiger partial charge in [-0.25, -0.2) is 4.99 Å². The SMILES string of the molecule is CCC(CC)c1cc(CNC(=NCC(=O)N(C)C)NCC(C)C)on1. The van der Waals surface area contributed by atoms with Gasteiger partial charge in [0.1, 0.15) is 6.54 Å². The summed E-state index contributed by atoms with van der Waals surface area (Å²) in [6.07, 6.45) is 2.09. The quantitative estimate of drug-likeness (QED) is 0.527. The predicted molar refractivity (Wildman–Crippen MR) is 101 cm³/mol. The number of rotatable bonds is 9. The average molecular weight is 351 g/mol. The van der Waals surface area contributed by atoms with Gasteiger partial charge in [0, 0.05) is 32.6 Å². The molecule has 0 aromatic carbocycles. The highest BCUT2D eigenvalue weighted by molar-refractivity contribution is 5.84. The zero-order chi connectivity index (χ0) is 18.8. The minimum absolute atomic E-state index is 0.0404. The second-order valence-electron chi connectivity index (χ2n) is 6.81. The Morgan fingerprint density at radius 2 is 1.96 bits per heavy atom. The lowest BCUT2D eigenvalue weighted by Gasteiger charge is -2.14. The minimum atomic E-state index is -0.0404. The molecule has 0 saturated carbocycles. The second kappa shape index (κ2) is 10.7. The number of hydrogen-bond donors (Lipinski definition) is 2. The fraction of sp³-hybridized carbons (Fsp3) is 0.722. The summed E-state index contributed by atoms with van der Waals surface area (Å²) in [4.78, 5) is 17.6. The third-order valence-electron chi connectivity index (χ3n) is 3.96. The molecule has 0 aliphatic carbocycles. The molecule has 0 bridgehead atoms. The Morgan fingerprint density at radius 3 is 2.52 bits per heavy atom. The lowest BCUT2D eigenvalue weighted by Crippen LogP contribution is -2.39. The average Bonchev–Trinajstić information content (AvgIpc) is 3.03. The maximum absolute atomic E-state index is 11.7. The van der Waals surface area contributed by atoms with Crippen LogP contribution in [-0.4, -0.2) is 49.1 Å². The molecule has 0 aliphatic rings. The van der Waals surface area contributed by atoms with Crippen LogP contribution in [0.3, 0.4) is 0 Å². The van der Waals surface area contributed by atoms with Crippen molar-refractivity contribution in [1.82, 2.24) is 20.7 Å². The summed E-state index contributed by atoms with van der Waals surface area (Å²) < 4.78 is 5.42. The number of nitrogens with zero attached hydrogens (tertiary/aromatic N) is 3. The van der Waals surface area contributed by atoms with Crippen LogP contribution in [0.5, 0.6) is 0 Å². The van der Waals surface area contributed by atoms with E-state index in [1.165, 1.54) is 4.90 Å². The van der Waals surface area contributed by atoms with E-state index in [4.69, 9.17) is 4.52 Å². The lowest BCUT2D eigenvalue weighted by atomic mass is 9.99. The van der Waals surface area contributed by atoms with Gasteiger partial charge in [0.25, 0.3) is 0 Å². The number of amides is 1. The number of carbonyl (C=O) groups excluding carboxylic acids is 1. The Morgan fingerprint density at radius 1 is 1.28 bits per heavy atom. The van der Waals surface area contributed by atoms with Crippen LogP contribution in [0.4, 0.5) is 0 Å². The third-order valence-corrected chi connectivity index (χ3v) is 3.96. The van der Waals surface area contributed by atoms with Crippen molar-refractivity contribution >= 4 is 11.9 Å². The summed E-state index contributed by atoms with van der Waals surface area (Å²) in [6, 6.07) is 2.00. The summed E-state index contributed by atoms with van der Waals surface area (Å²) in [5.74, 6) is 2.23. The fourth-order valence-corrected chi connectivity index (χ4v) is 2.25. The molecular weight excluding hydrogens is 318 g/mol. The zero-order valence-corrected chi connectivity index (χ0v) is 16.4. The lowest BCUT2D eigenvalue weighted by molar-refractivity contribution is -0.127. The molecule has 0 spiro atoms. The van der Waals surface area contributed by atoms with Gasteiger partial charge in [0.2, 0.25) is 5.91 Å². The van der Waals surface area contributed by atoms with Crippen LogP contribution in [-0.2, 0) is 11.3 Å². The van der Waals surface area contributed by atoms with Crippen molar-refractivity contribution in [2.75, 3.05) is 27.2 Å². The first-order chi connectivity index (χ1) is 11.9. The molecule has 0 aliphatic heterocycles. The second-order valence-corrected chi connectivity index (χ2v) is 6.81. The highest BCUT2D eigenvalue weighted by atomic mass is 16.5. The van der Waals surface area contributed by atoms with Crippen LogP contribution in [0.15, 0.2) is 15.6 Å². The fourth-order valence-electron chi connectivity index (χ4n) is 2.25. The molecule has 1 heterocycles. The summed E-state index contributed by atoms with van der Waals surface area (Å²) in [5, 5.41) is 10.6. The van der Waals surface area contributed by atoms with Crippen molar-refractivity contribution < 1.29 is 9.32 Å². The molecule has 1 rings (SSSR count). The maximum Gasteiger partial charge on any atom is 0.243 e. The molecule has 1 aromatic rings. The Hall–Kier alpha value is -2.05. The van der Waals surface area contributed by atoms with Gasteiger partial charge in [-0.1, -0.05) is 32.9 Å². The van der Waals surface area contributed by atoms with Crippen LogP contribution >= 0.6 is 0 Å². The highest BCUT2D eigenvalue weighted by Gasteiger charge is 2.13. The van der Waals surface area contributed by atoms with Crippen LogP contribution in [0, 0.1) is 5.92 Å². The summed E-state index contributed by atoms with van der Waals surface area (Å²) in [5.41, 5.74) is 0.998. The van der Waals surface area contributed by atoms with Gasteiger partial charge in [0.15, 0.2) is 11.7 Å². The maximum atomic E-state index is 11.7. The first-order valence-corrected chi connectivity index (χ1v) is 9.05. The van der Waals surface area contributed by atoms with Gasteiger partial charge in [-0.15, -0.1) is 0 Å². The van der Waals surface area contributed by atoms with E-state index in [9.17, 15) is 4.79 Å². The standard InChI is InChI=1S/C18H33N5O2/c1-7-14(8-2)16-9-15(25-22-16)11-20-18(19-10-13(3)4)21-12-17(24)23(5)6/h9,13-14H,7-8,10-12H2,1-6H3,(H2,19,20,21). The van der Waals surface area contributed by atoms with Crippen molar-refractivity contribution in [3.8, 4) is 0 Å². The third kappa shape index (κ3) is 7.58. The number of hydrogen-bond acceptors (Lipinski definition) is 4. The normalized spacial score (nSPS) is 11.9.